The van der Waals surface area contributed by atoms with E-state index in [1.807, 2.05) is 174 Å². The van der Waals surface area contributed by atoms with Crippen LogP contribution < -0.4 is 0 Å². The maximum atomic E-state index is 8.98. The van der Waals surface area contributed by atoms with Gasteiger partial charge in [-0.25, -0.2) is 0 Å². The van der Waals surface area contributed by atoms with Crippen LogP contribution >= 0.6 is 11.3 Å². The van der Waals surface area contributed by atoms with Crippen LogP contribution in [0, 0.1) is 24.4 Å². The van der Waals surface area contributed by atoms with E-state index in [0.717, 1.165) is 55.8 Å². The molecule has 0 saturated carbocycles. The van der Waals surface area contributed by atoms with E-state index in [1.54, 1.807) is 17.4 Å². The van der Waals surface area contributed by atoms with Crippen molar-refractivity contribution >= 4 is 42.5 Å². The molecule has 0 N–H and O–H groups in total. The second kappa shape index (κ2) is 19.2. The number of para-hydroxylation sites is 3. The van der Waals surface area contributed by atoms with Crippen molar-refractivity contribution in [2.45, 2.75) is 73.5 Å². The van der Waals surface area contributed by atoms with Crippen molar-refractivity contribution in [3.05, 3.63) is 198 Å². The van der Waals surface area contributed by atoms with Crippen LogP contribution in [0.2, 0.25) is 0 Å². The molecule has 3 aromatic heterocycles. The molecule has 0 spiro atoms. The summed E-state index contributed by atoms with van der Waals surface area (Å²) < 4.78 is 63.9. The molecule has 1 radical (unpaired) electrons. The van der Waals surface area contributed by atoms with Crippen LogP contribution in [-0.2, 0) is 26.5 Å². The maximum Gasteiger partial charge on any atom is 0.0774 e. The quantitative estimate of drug-likeness (QED) is 0.142. The Hall–Kier alpha value is -5.97. The number of aromatic nitrogens is 3. The van der Waals surface area contributed by atoms with Gasteiger partial charge in [0.25, 0.3) is 0 Å². The molecule has 0 fully saturated rings. The average molecular weight is 1050 g/mol. The third kappa shape index (κ3) is 9.56. The standard InChI is InChI=1S/C32H31N2.C28H24NS.Ir/c1-21(2)26-14-11-15-27(22(3)4)31(26)34-30-17-10-9-16-29(30)33-32(34)25-19-18-23(5)28(20-25)24-12-7-6-8-13-24;1-28(2,3)18-19-11-13-20(14-12-19)21-15-16-29-25(17-21)24-9-6-8-23-22-7-4-5-10-26(22)30-27(23)24;/h6-18,20-22H,1-5H3;4-8,10-17H,18H2,1-3H3;/q2*-1;/i5D3,21D,22D;18D2;. The van der Waals surface area contributed by atoms with Gasteiger partial charge in [-0.15, -0.1) is 53.1 Å². The number of imidazole rings is 1. The summed E-state index contributed by atoms with van der Waals surface area (Å²) in [4.78, 5) is 9.66. The zero-order chi connectivity index (χ0) is 50.7. The van der Waals surface area contributed by atoms with Crippen molar-refractivity contribution in [2.24, 2.45) is 5.41 Å². The first-order valence-corrected chi connectivity index (χ1v) is 22.5. The van der Waals surface area contributed by atoms with Crippen molar-refractivity contribution in [3.63, 3.8) is 0 Å². The molecule has 10 aromatic rings. The Morgan fingerprint density at radius 3 is 2.15 bits per heavy atom. The fourth-order valence-electron chi connectivity index (χ4n) is 8.31. The number of pyridine rings is 1. The Balaban J connectivity index is 0.000000193. The summed E-state index contributed by atoms with van der Waals surface area (Å²) in [5, 5.41) is 2.50. The molecule has 327 valence electrons. The largest absolute Gasteiger partial charge is 0.333 e. The Morgan fingerprint density at radius 2 is 1.43 bits per heavy atom. The molecular formula is C60H55IrN3S-2. The number of rotatable bonds is 8. The van der Waals surface area contributed by atoms with E-state index < -0.39 is 30.4 Å². The zero-order valence-electron chi connectivity index (χ0n) is 44.7. The summed E-state index contributed by atoms with van der Waals surface area (Å²) in [6.07, 6.45) is 0.438. The van der Waals surface area contributed by atoms with Gasteiger partial charge in [-0.1, -0.05) is 175 Å². The topological polar surface area (TPSA) is 30.7 Å². The summed E-state index contributed by atoms with van der Waals surface area (Å²) in [5.74, 6) is -1.33. The molecule has 0 amide bonds. The van der Waals surface area contributed by atoms with E-state index >= 15 is 0 Å². The molecule has 3 heterocycles. The minimum absolute atomic E-state index is 0. The molecule has 0 saturated heterocycles. The molecule has 5 heteroatoms. The molecule has 0 bridgehead atoms. The van der Waals surface area contributed by atoms with Gasteiger partial charge >= 0.3 is 0 Å². The van der Waals surface area contributed by atoms with Crippen LogP contribution in [0.3, 0.4) is 0 Å². The molecule has 0 aliphatic carbocycles. The number of benzene rings is 7. The van der Waals surface area contributed by atoms with Gasteiger partial charge in [0.15, 0.2) is 0 Å². The number of thiophene rings is 1. The van der Waals surface area contributed by atoms with Crippen LogP contribution in [0.1, 0.15) is 92.1 Å². The first-order valence-electron chi connectivity index (χ1n) is 25.2. The predicted octanol–water partition coefficient (Wildman–Crippen LogP) is 16.9. The smallest absolute Gasteiger partial charge is 0.0774 e. The molecular weight excluding hydrogens is 987 g/mol. The fourth-order valence-corrected chi connectivity index (χ4v) is 9.52. The summed E-state index contributed by atoms with van der Waals surface area (Å²) in [7, 11) is 0. The van der Waals surface area contributed by atoms with Gasteiger partial charge in [0.05, 0.1) is 16.9 Å². The van der Waals surface area contributed by atoms with E-state index in [1.165, 1.54) is 20.2 Å². The third-order valence-corrected chi connectivity index (χ3v) is 12.5. The van der Waals surface area contributed by atoms with Crippen LogP contribution in [0.15, 0.2) is 164 Å². The van der Waals surface area contributed by atoms with E-state index in [0.29, 0.717) is 22.5 Å². The van der Waals surface area contributed by atoms with Crippen LogP contribution in [0.25, 0.3) is 81.8 Å². The van der Waals surface area contributed by atoms with Gasteiger partial charge in [0.1, 0.15) is 0 Å². The number of hydrogen-bond acceptors (Lipinski definition) is 3. The SMILES string of the molecule is [2H]C([2H])([2H])c1c[c-]c(-c2nc3ccccc3n2-c2c(C([2H])(C)C)cccc2C([2H])(C)C)cc1-c1ccccc1.[2H]C([2H])(c1ccc(-c2ccnc(-c3[c-]ccc4c3sc3ccccc34)c2)cc1)C(C)(C)C.[Ir]. The molecule has 0 unspecified atom stereocenters. The number of aryl methyl sites for hydroxylation is 1. The van der Waals surface area contributed by atoms with Gasteiger partial charge in [-0.05, 0) is 97.0 Å². The van der Waals surface area contributed by atoms with Gasteiger partial charge in [-0.2, -0.15) is 11.3 Å². The van der Waals surface area contributed by atoms with Gasteiger partial charge < -0.3 is 9.55 Å². The van der Waals surface area contributed by atoms with Crippen LogP contribution in [0.4, 0.5) is 0 Å². The van der Waals surface area contributed by atoms with E-state index in [9.17, 15) is 0 Å². The molecule has 65 heavy (non-hydrogen) atoms. The molecule has 0 aliphatic heterocycles. The summed E-state index contributed by atoms with van der Waals surface area (Å²) in [6, 6.07) is 57.6. The molecule has 3 nitrogen and oxygen atoms in total. The Bertz CT molecular complexity index is 3530. The van der Waals surface area contributed by atoms with Gasteiger partial charge in [0.2, 0.25) is 0 Å². The second-order valence-electron chi connectivity index (χ2n) is 17.6. The van der Waals surface area contributed by atoms with Crippen molar-refractivity contribution in [2.75, 3.05) is 0 Å². The normalized spacial score (nSPS) is 13.9. The van der Waals surface area contributed by atoms with E-state index in [4.69, 9.17) is 14.6 Å². The molecule has 10 rings (SSSR count). The third-order valence-electron chi connectivity index (χ3n) is 11.3. The Labute approximate surface area is 412 Å². The van der Waals surface area contributed by atoms with E-state index in [2.05, 4.69) is 53.5 Å². The van der Waals surface area contributed by atoms with Crippen molar-refractivity contribution in [1.29, 1.82) is 0 Å². The van der Waals surface area contributed by atoms with Crippen molar-refractivity contribution in [3.8, 4) is 50.6 Å². The van der Waals surface area contributed by atoms with Crippen LogP contribution in [0.5, 0.6) is 0 Å². The second-order valence-corrected chi connectivity index (χ2v) is 18.6. The fraction of sp³-hybridized carbons (Fsp3) is 0.200. The first kappa shape index (κ1) is 37.3. The first-order chi connectivity index (χ1) is 33.5. The number of fused-ring (bicyclic) bond motifs is 4. The molecule has 0 atom stereocenters. The molecule has 0 aliphatic rings. The van der Waals surface area contributed by atoms with Crippen molar-refractivity contribution in [1.82, 2.24) is 14.5 Å². The summed E-state index contributed by atoms with van der Waals surface area (Å²) in [5.41, 5.74) is 10.4. The summed E-state index contributed by atoms with van der Waals surface area (Å²) in [6.45, 7) is 10.9. The zero-order valence-corrected chi connectivity index (χ0v) is 40.9. The van der Waals surface area contributed by atoms with E-state index in [-0.39, 0.29) is 25.7 Å². The monoisotopic (exact) mass is 1050 g/mol. The van der Waals surface area contributed by atoms with Gasteiger partial charge in [0, 0.05) is 46.3 Å². The predicted molar refractivity (Wildman–Crippen MR) is 274 cm³/mol. The Kier molecular flexibility index (Phi) is 11.0. The maximum absolute atomic E-state index is 8.98. The minimum atomic E-state index is -2.31. The van der Waals surface area contributed by atoms with Crippen molar-refractivity contribution < 1.29 is 29.7 Å². The number of hydrogen-bond donors (Lipinski definition) is 0. The number of nitrogens with zero attached hydrogens (tertiary/aromatic N) is 3. The average Bonchev–Trinajstić information content (AvgIpc) is 3.92. The van der Waals surface area contributed by atoms with Crippen LogP contribution in [-0.4, -0.2) is 14.5 Å². The summed E-state index contributed by atoms with van der Waals surface area (Å²) >= 11 is 1.78. The minimum Gasteiger partial charge on any atom is -0.333 e. The Morgan fingerprint density at radius 1 is 0.723 bits per heavy atom. The molecule has 7 aromatic carbocycles. The van der Waals surface area contributed by atoms with Gasteiger partial charge in [-0.3, -0.25) is 4.98 Å².